The van der Waals surface area contributed by atoms with Crippen LogP contribution < -0.4 is 5.73 Å². The molecule has 0 aliphatic carbocycles. The summed E-state index contributed by atoms with van der Waals surface area (Å²) >= 11 is 0. The van der Waals surface area contributed by atoms with Gasteiger partial charge >= 0.3 is 0 Å². The number of hydrogen-bond acceptors (Lipinski definition) is 4. The maximum absolute atomic E-state index is 12.6. The summed E-state index contributed by atoms with van der Waals surface area (Å²) in [7, 11) is -3.53. The summed E-state index contributed by atoms with van der Waals surface area (Å²) in [4.78, 5) is 0.186. The Bertz CT molecular complexity index is 516. The third-order valence-electron chi connectivity index (χ3n) is 3.15. The Labute approximate surface area is 108 Å². The van der Waals surface area contributed by atoms with Crippen molar-refractivity contribution in [2.24, 2.45) is 0 Å². The standard InChI is InChI=1S/C12H18N2O3S/c1-2-10-9-17-8-7-14(10)18(15,16)12-6-4-3-5-11(12)13/h3-6,10H,2,7-9,13H2,1H3. The zero-order chi connectivity index (χ0) is 13.2. The van der Waals surface area contributed by atoms with Crippen molar-refractivity contribution in [1.82, 2.24) is 4.31 Å². The number of hydrogen-bond donors (Lipinski definition) is 1. The first-order valence-corrected chi connectivity index (χ1v) is 7.45. The van der Waals surface area contributed by atoms with Gasteiger partial charge in [0.15, 0.2) is 0 Å². The fourth-order valence-electron chi connectivity index (χ4n) is 2.12. The van der Waals surface area contributed by atoms with Gasteiger partial charge in [0.1, 0.15) is 4.90 Å². The number of sulfonamides is 1. The van der Waals surface area contributed by atoms with Crippen LogP contribution in [0.15, 0.2) is 29.2 Å². The van der Waals surface area contributed by atoms with E-state index in [1.54, 1.807) is 24.3 Å². The van der Waals surface area contributed by atoms with E-state index in [2.05, 4.69) is 0 Å². The number of anilines is 1. The molecule has 1 aliphatic rings. The van der Waals surface area contributed by atoms with E-state index in [1.165, 1.54) is 4.31 Å². The number of nitrogens with zero attached hydrogens (tertiary/aromatic N) is 1. The molecule has 5 nitrogen and oxygen atoms in total. The quantitative estimate of drug-likeness (QED) is 0.834. The van der Waals surface area contributed by atoms with Gasteiger partial charge in [-0.05, 0) is 18.6 Å². The summed E-state index contributed by atoms with van der Waals surface area (Å²) in [6.07, 6.45) is 0.728. The number of para-hydroxylation sites is 1. The minimum atomic E-state index is -3.53. The van der Waals surface area contributed by atoms with Crippen molar-refractivity contribution in [2.45, 2.75) is 24.3 Å². The van der Waals surface area contributed by atoms with Gasteiger partial charge in [-0.1, -0.05) is 19.1 Å². The van der Waals surface area contributed by atoms with E-state index in [-0.39, 0.29) is 10.9 Å². The van der Waals surface area contributed by atoms with Gasteiger partial charge in [-0.3, -0.25) is 0 Å². The highest BCUT2D eigenvalue weighted by molar-refractivity contribution is 7.89. The number of rotatable bonds is 3. The average molecular weight is 270 g/mol. The van der Waals surface area contributed by atoms with Gasteiger partial charge in [-0.15, -0.1) is 0 Å². The van der Waals surface area contributed by atoms with Gasteiger partial charge in [-0.2, -0.15) is 4.31 Å². The molecule has 1 fully saturated rings. The van der Waals surface area contributed by atoms with Crippen LogP contribution in [0.1, 0.15) is 13.3 Å². The van der Waals surface area contributed by atoms with Crippen LogP contribution in [0.3, 0.4) is 0 Å². The van der Waals surface area contributed by atoms with Gasteiger partial charge in [0, 0.05) is 12.6 Å². The Kier molecular flexibility index (Phi) is 3.89. The monoisotopic (exact) mass is 270 g/mol. The van der Waals surface area contributed by atoms with E-state index in [1.807, 2.05) is 6.92 Å². The molecule has 1 saturated heterocycles. The Morgan fingerprint density at radius 1 is 1.44 bits per heavy atom. The molecule has 0 aromatic heterocycles. The Hall–Kier alpha value is -1.11. The molecular formula is C12H18N2O3S. The lowest BCUT2D eigenvalue weighted by atomic mass is 10.2. The van der Waals surface area contributed by atoms with E-state index >= 15 is 0 Å². The van der Waals surface area contributed by atoms with E-state index < -0.39 is 10.0 Å². The van der Waals surface area contributed by atoms with Crippen molar-refractivity contribution < 1.29 is 13.2 Å². The van der Waals surface area contributed by atoms with Crippen molar-refractivity contribution in [2.75, 3.05) is 25.5 Å². The first kappa shape index (κ1) is 13.3. The van der Waals surface area contributed by atoms with Gasteiger partial charge in [0.2, 0.25) is 10.0 Å². The molecule has 18 heavy (non-hydrogen) atoms. The van der Waals surface area contributed by atoms with Crippen molar-refractivity contribution in [3.05, 3.63) is 24.3 Å². The second-order valence-corrected chi connectivity index (χ2v) is 6.15. The van der Waals surface area contributed by atoms with Crippen LogP contribution in [-0.4, -0.2) is 38.5 Å². The number of benzene rings is 1. The lowest BCUT2D eigenvalue weighted by Gasteiger charge is -2.34. The van der Waals surface area contributed by atoms with Crippen LogP contribution in [-0.2, 0) is 14.8 Å². The number of nitrogen functional groups attached to an aromatic ring is 1. The van der Waals surface area contributed by atoms with Crippen LogP contribution >= 0.6 is 0 Å². The molecule has 0 saturated carbocycles. The Balaban J connectivity index is 2.39. The lowest BCUT2D eigenvalue weighted by Crippen LogP contribution is -2.48. The third kappa shape index (κ3) is 2.36. The summed E-state index contributed by atoms with van der Waals surface area (Å²) in [5, 5.41) is 0. The van der Waals surface area contributed by atoms with Crippen LogP contribution in [0.4, 0.5) is 5.69 Å². The molecule has 1 heterocycles. The number of nitrogens with two attached hydrogens (primary N) is 1. The second-order valence-electron chi connectivity index (χ2n) is 4.29. The maximum atomic E-state index is 12.6. The zero-order valence-electron chi connectivity index (χ0n) is 10.4. The van der Waals surface area contributed by atoms with Gasteiger partial charge in [-0.25, -0.2) is 8.42 Å². The Morgan fingerprint density at radius 2 is 2.17 bits per heavy atom. The molecule has 1 atom stereocenters. The molecule has 0 spiro atoms. The van der Waals surface area contributed by atoms with E-state index in [9.17, 15) is 8.42 Å². The average Bonchev–Trinajstić information content (AvgIpc) is 2.39. The Morgan fingerprint density at radius 3 is 2.83 bits per heavy atom. The molecule has 0 radical (unpaired) electrons. The highest BCUT2D eigenvalue weighted by Crippen LogP contribution is 2.25. The minimum Gasteiger partial charge on any atom is -0.398 e. The van der Waals surface area contributed by atoms with E-state index in [4.69, 9.17) is 10.5 Å². The second kappa shape index (κ2) is 5.26. The normalized spacial score (nSPS) is 21.9. The molecule has 1 aromatic carbocycles. The fourth-order valence-corrected chi connectivity index (χ4v) is 3.91. The molecule has 1 unspecified atom stereocenters. The summed E-state index contributed by atoms with van der Waals surface area (Å²) in [6, 6.07) is 6.46. The summed E-state index contributed by atoms with van der Waals surface area (Å²) < 4.78 is 32.0. The number of morpholine rings is 1. The van der Waals surface area contributed by atoms with Crippen LogP contribution in [0.5, 0.6) is 0 Å². The van der Waals surface area contributed by atoms with Gasteiger partial charge in [0.25, 0.3) is 0 Å². The lowest BCUT2D eigenvalue weighted by molar-refractivity contribution is 0.0314. The maximum Gasteiger partial charge on any atom is 0.245 e. The topological polar surface area (TPSA) is 72.6 Å². The SMILES string of the molecule is CCC1COCCN1S(=O)(=O)c1ccccc1N. The van der Waals surface area contributed by atoms with Crippen LogP contribution in [0.2, 0.25) is 0 Å². The van der Waals surface area contributed by atoms with Crippen LogP contribution in [0.25, 0.3) is 0 Å². The molecule has 100 valence electrons. The van der Waals surface area contributed by atoms with Crippen molar-refractivity contribution in [3.63, 3.8) is 0 Å². The summed E-state index contributed by atoms with van der Waals surface area (Å²) in [5.74, 6) is 0. The largest absolute Gasteiger partial charge is 0.398 e. The van der Waals surface area contributed by atoms with Gasteiger partial charge in [0.05, 0.1) is 18.9 Å². The van der Waals surface area contributed by atoms with E-state index in [0.717, 1.165) is 6.42 Å². The first-order chi connectivity index (χ1) is 8.57. The van der Waals surface area contributed by atoms with Crippen molar-refractivity contribution in [1.29, 1.82) is 0 Å². The molecule has 0 amide bonds. The first-order valence-electron chi connectivity index (χ1n) is 6.01. The molecular weight excluding hydrogens is 252 g/mol. The zero-order valence-corrected chi connectivity index (χ0v) is 11.2. The number of ether oxygens (including phenoxy) is 1. The van der Waals surface area contributed by atoms with Crippen LogP contribution in [0, 0.1) is 0 Å². The molecule has 1 aromatic rings. The van der Waals surface area contributed by atoms with E-state index in [0.29, 0.717) is 25.4 Å². The molecule has 1 aliphatic heterocycles. The highest BCUT2D eigenvalue weighted by atomic mass is 32.2. The van der Waals surface area contributed by atoms with Crippen molar-refractivity contribution in [3.8, 4) is 0 Å². The van der Waals surface area contributed by atoms with Crippen molar-refractivity contribution >= 4 is 15.7 Å². The minimum absolute atomic E-state index is 0.108. The molecule has 2 N–H and O–H groups in total. The fraction of sp³-hybridized carbons (Fsp3) is 0.500. The third-order valence-corrected chi connectivity index (χ3v) is 5.18. The summed E-state index contributed by atoms with van der Waals surface area (Å²) in [5.41, 5.74) is 6.05. The summed E-state index contributed by atoms with van der Waals surface area (Å²) in [6.45, 7) is 3.22. The highest BCUT2D eigenvalue weighted by Gasteiger charge is 2.33. The van der Waals surface area contributed by atoms with Gasteiger partial charge < -0.3 is 10.5 Å². The molecule has 2 rings (SSSR count). The predicted octanol–water partition coefficient (Wildman–Crippen LogP) is 1.07. The molecule has 6 heteroatoms. The molecule has 0 bridgehead atoms. The predicted molar refractivity (Wildman–Crippen MR) is 69.6 cm³/mol. The smallest absolute Gasteiger partial charge is 0.245 e.